The average molecular weight is 588 g/mol. The fourth-order valence-corrected chi connectivity index (χ4v) is 8.79. The van der Waals surface area contributed by atoms with Gasteiger partial charge in [0.15, 0.2) is 0 Å². The van der Waals surface area contributed by atoms with Crippen molar-refractivity contribution in [1.29, 1.82) is 0 Å². The van der Waals surface area contributed by atoms with E-state index in [1.165, 1.54) is 27.7 Å². The Balaban J connectivity index is 1.08. The lowest BCUT2D eigenvalue weighted by atomic mass is 9.78. The summed E-state index contributed by atoms with van der Waals surface area (Å²) in [5.41, 5.74) is 0.0302. The predicted octanol–water partition coefficient (Wildman–Crippen LogP) is -0.985. The van der Waals surface area contributed by atoms with Crippen LogP contribution in [0.25, 0.3) is 0 Å². The first-order valence-corrected chi connectivity index (χ1v) is 15.3. The Morgan fingerprint density at radius 1 is 1.27 bits per heavy atom. The number of amides is 3. The molecule has 6 heterocycles. The van der Waals surface area contributed by atoms with Gasteiger partial charge in [-0.2, -0.15) is 0 Å². The number of hydrogen-bond acceptors (Lipinski definition) is 10. The first-order valence-electron chi connectivity index (χ1n) is 14.5. The van der Waals surface area contributed by atoms with Crippen LogP contribution in [0, 0.1) is 17.8 Å². The molecule has 0 radical (unpaired) electrons. The van der Waals surface area contributed by atoms with Crippen molar-refractivity contribution in [2.75, 3.05) is 26.2 Å². The molecule has 1 aromatic rings. The minimum atomic E-state index is -1.13. The molecule has 3 amide bonds. The minimum absolute atomic E-state index is 0.0188. The summed E-state index contributed by atoms with van der Waals surface area (Å²) >= 11 is 1.47. The molecular weight excluding hydrogens is 550 g/mol. The fourth-order valence-electron chi connectivity index (χ4n) is 7.31. The number of likely N-dealkylation sites (tertiary alicyclic amines) is 1. The molecule has 14 nitrogen and oxygen atoms in total. The average Bonchev–Trinajstić information content (AvgIpc) is 3.68. The third-order valence-corrected chi connectivity index (χ3v) is 10.8. The van der Waals surface area contributed by atoms with E-state index in [9.17, 15) is 24.3 Å². The molecule has 5 aliphatic rings. The molecule has 8 atom stereocenters. The van der Waals surface area contributed by atoms with Gasteiger partial charge < -0.3 is 30.9 Å². The lowest BCUT2D eigenvalue weighted by Crippen LogP contribution is -2.66. The number of aliphatic carboxylic acids is 1. The van der Waals surface area contributed by atoms with Crippen molar-refractivity contribution in [3.05, 3.63) is 16.9 Å². The van der Waals surface area contributed by atoms with Crippen LogP contribution in [0.15, 0.2) is 16.9 Å². The summed E-state index contributed by atoms with van der Waals surface area (Å²) in [5, 5.41) is 30.6. The highest BCUT2D eigenvalue weighted by molar-refractivity contribution is 8.03. The minimum Gasteiger partial charge on any atom is -0.477 e. The highest BCUT2D eigenvalue weighted by atomic mass is 32.2. The van der Waals surface area contributed by atoms with Crippen LogP contribution in [0.4, 0.5) is 0 Å². The zero-order chi connectivity index (χ0) is 28.8. The zero-order valence-corrected chi connectivity index (χ0v) is 24.0. The number of carboxylic acids is 1. The van der Waals surface area contributed by atoms with E-state index in [2.05, 4.69) is 31.5 Å². The Labute approximate surface area is 242 Å². The molecule has 0 aromatic carbocycles. The summed E-state index contributed by atoms with van der Waals surface area (Å²) in [5.74, 6) is -1.87. The number of carbonyl (C=O) groups is 4. The molecule has 0 saturated carbocycles. The second-order valence-electron chi connectivity index (χ2n) is 11.9. The van der Waals surface area contributed by atoms with Crippen molar-refractivity contribution in [1.82, 2.24) is 46.0 Å². The predicted molar refractivity (Wildman–Crippen MR) is 147 cm³/mol. The van der Waals surface area contributed by atoms with Crippen molar-refractivity contribution in [2.45, 2.75) is 75.5 Å². The summed E-state index contributed by atoms with van der Waals surface area (Å²) in [6, 6.07) is -0.616. The number of piperidine rings is 2. The summed E-state index contributed by atoms with van der Waals surface area (Å²) in [6.45, 7) is 6.84. The van der Waals surface area contributed by atoms with Gasteiger partial charge in [-0.05, 0) is 55.5 Å². The second kappa shape index (κ2) is 11.3. The molecule has 0 aliphatic carbocycles. The van der Waals surface area contributed by atoms with E-state index in [0.29, 0.717) is 29.8 Å². The molecule has 4 fully saturated rings. The van der Waals surface area contributed by atoms with Crippen molar-refractivity contribution >= 4 is 35.5 Å². The van der Waals surface area contributed by atoms with Gasteiger partial charge in [0.1, 0.15) is 18.6 Å². The summed E-state index contributed by atoms with van der Waals surface area (Å²) in [6.07, 6.45) is 5.23. The highest BCUT2D eigenvalue weighted by Gasteiger charge is 2.60. The molecule has 6 rings (SSSR count). The Bertz CT molecular complexity index is 1240. The molecule has 0 bridgehead atoms. The van der Waals surface area contributed by atoms with E-state index >= 15 is 0 Å². The number of hydrogen-bond donors (Lipinski definition) is 4. The number of thioether (sulfide) groups is 1. The molecule has 5 aliphatic heterocycles. The monoisotopic (exact) mass is 587 g/mol. The van der Waals surface area contributed by atoms with Crippen molar-refractivity contribution in [3.63, 3.8) is 0 Å². The molecule has 0 spiro atoms. The number of nitrogens with zero attached hydrogens (tertiary/aromatic N) is 6. The molecule has 2 unspecified atom stereocenters. The Morgan fingerprint density at radius 2 is 2.10 bits per heavy atom. The Kier molecular flexibility index (Phi) is 7.76. The van der Waals surface area contributed by atoms with Crippen LogP contribution < -0.4 is 16.0 Å². The lowest BCUT2D eigenvalue weighted by Gasteiger charge is -2.47. The maximum atomic E-state index is 13.4. The maximum absolute atomic E-state index is 13.4. The second-order valence-corrected chi connectivity index (χ2v) is 13.2. The zero-order valence-electron chi connectivity index (χ0n) is 23.2. The van der Waals surface area contributed by atoms with Gasteiger partial charge in [0.2, 0.25) is 17.7 Å². The fraction of sp³-hybridized carbons (Fsp3) is 0.731. The van der Waals surface area contributed by atoms with Gasteiger partial charge in [-0.1, -0.05) is 6.92 Å². The summed E-state index contributed by atoms with van der Waals surface area (Å²) in [4.78, 5) is 55.5. The van der Waals surface area contributed by atoms with E-state index in [1.54, 1.807) is 6.92 Å². The molecule has 222 valence electrons. The standard InChI is InChI=1S/C26H37N9O5S/c1-13-21-20(14(2)30-19(36)11-34-12-29-31-32-34)25(38)35(21)22(26(39)40)23(13)41-16-8-18(28-9-16)24(37)33-7-5-17-15(10-33)4-3-6-27-17/h12-18,20-21,27-28H,3-11H2,1-2H3,(H,30,36)(H,39,40)/t13-,14-,15?,16+,17?,18+,20-,21-/m1/s1. The third-order valence-electron chi connectivity index (χ3n) is 9.30. The smallest absolute Gasteiger partial charge is 0.353 e. The van der Waals surface area contributed by atoms with Gasteiger partial charge in [0.25, 0.3) is 0 Å². The maximum Gasteiger partial charge on any atom is 0.353 e. The van der Waals surface area contributed by atoms with Crippen LogP contribution in [0.2, 0.25) is 0 Å². The van der Waals surface area contributed by atoms with Gasteiger partial charge >= 0.3 is 5.97 Å². The van der Waals surface area contributed by atoms with Crippen molar-refractivity contribution in [3.8, 4) is 0 Å². The first-order chi connectivity index (χ1) is 19.7. The SMILES string of the molecule is C[C@@H](NC(=O)Cn1cnnn1)[C@H]1C(=O)N2C(C(=O)O)=C(S[C@@H]3CN[C@H](C(=O)N4CCC5NCCCC5C4)C3)[C@H](C)[C@H]12. The number of aromatic nitrogens is 4. The van der Waals surface area contributed by atoms with E-state index in [0.717, 1.165) is 38.9 Å². The number of rotatable bonds is 8. The number of nitrogens with one attached hydrogen (secondary N) is 3. The number of carbonyl (C=O) groups excluding carboxylic acids is 3. The number of fused-ring (bicyclic) bond motifs is 2. The van der Waals surface area contributed by atoms with Crippen LogP contribution in [-0.4, -0.2) is 114 Å². The van der Waals surface area contributed by atoms with Crippen LogP contribution >= 0.6 is 11.8 Å². The van der Waals surface area contributed by atoms with Crippen molar-refractivity contribution < 1.29 is 24.3 Å². The topological polar surface area (TPSA) is 175 Å². The van der Waals surface area contributed by atoms with Crippen LogP contribution in [0.1, 0.15) is 39.5 Å². The number of tetrazole rings is 1. The van der Waals surface area contributed by atoms with Gasteiger partial charge in [0, 0.05) is 47.8 Å². The molecule has 4 saturated heterocycles. The third kappa shape index (κ3) is 5.23. The molecule has 4 N–H and O–H groups in total. The number of carboxylic acid groups (broad SMARTS) is 1. The van der Waals surface area contributed by atoms with Gasteiger partial charge in [-0.25, -0.2) is 9.48 Å². The van der Waals surface area contributed by atoms with E-state index in [-0.39, 0.29) is 53.2 Å². The van der Waals surface area contributed by atoms with E-state index < -0.39 is 17.9 Å². The van der Waals surface area contributed by atoms with Gasteiger partial charge in [-0.15, -0.1) is 16.9 Å². The Hall–Kier alpha value is -3.04. The van der Waals surface area contributed by atoms with Crippen LogP contribution in [0.3, 0.4) is 0 Å². The van der Waals surface area contributed by atoms with E-state index in [4.69, 9.17) is 0 Å². The summed E-state index contributed by atoms with van der Waals surface area (Å²) in [7, 11) is 0. The quantitative estimate of drug-likeness (QED) is 0.275. The van der Waals surface area contributed by atoms with Crippen LogP contribution in [0.5, 0.6) is 0 Å². The molecule has 41 heavy (non-hydrogen) atoms. The van der Waals surface area contributed by atoms with Gasteiger partial charge in [-0.3, -0.25) is 14.4 Å². The normalized spacial score (nSPS) is 33.7. The molecular formula is C26H37N9O5S. The van der Waals surface area contributed by atoms with Crippen LogP contribution in [-0.2, 0) is 25.7 Å². The summed E-state index contributed by atoms with van der Waals surface area (Å²) < 4.78 is 1.29. The van der Waals surface area contributed by atoms with Crippen molar-refractivity contribution in [2.24, 2.45) is 17.8 Å². The highest BCUT2D eigenvalue weighted by Crippen LogP contribution is 2.52. The van der Waals surface area contributed by atoms with E-state index in [1.807, 2.05) is 11.8 Å². The Morgan fingerprint density at radius 3 is 2.85 bits per heavy atom. The first kappa shape index (κ1) is 28.1. The number of β-lactam (4-membered cyclic amide) rings is 1. The lowest BCUT2D eigenvalue weighted by molar-refractivity contribution is -0.158. The molecule has 15 heteroatoms. The van der Waals surface area contributed by atoms with Gasteiger partial charge in [0.05, 0.1) is 18.0 Å². The largest absolute Gasteiger partial charge is 0.477 e. The molecule has 1 aromatic heterocycles.